The summed E-state index contributed by atoms with van der Waals surface area (Å²) < 4.78 is 0. The van der Waals surface area contributed by atoms with Crippen LogP contribution in [0.15, 0.2) is 18.2 Å². The average Bonchev–Trinajstić information content (AvgIpc) is 2.29. The Bertz CT molecular complexity index is 437. The van der Waals surface area contributed by atoms with Crippen molar-refractivity contribution in [1.29, 1.82) is 0 Å². The Morgan fingerprint density at radius 1 is 1.35 bits per heavy atom. The molecule has 1 saturated heterocycles. The zero-order valence-electron chi connectivity index (χ0n) is 11.1. The van der Waals surface area contributed by atoms with Gasteiger partial charge in [-0.3, -0.25) is 4.90 Å². The van der Waals surface area contributed by atoms with E-state index in [1.54, 1.807) is 11.1 Å². The van der Waals surface area contributed by atoms with Crippen LogP contribution in [0.25, 0.3) is 0 Å². The molecule has 1 N–H and O–H groups in total. The lowest BCUT2D eigenvalue weighted by Crippen LogP contribution is -2.53. The number of benzene rings is 1. The minimum Gasteiger partial charge on any atom is -0.314 e. The fourth-order valence-electron chi connectivity index (χ4n) is 3.38. The standard InChI is InChI=1S/C15H22N2/c1-11-4-5-12-13(8-11)15(2,3)10-17-7-6-16-9-14(12)17/h4-5,8,14,16H,6-7,9-10H2,1-3H3. The van der Waals surface area contributed by atoms with Gasteiger partial charge in [0.05, 0.1) is 0 Å². The van der Waals surface area contributed by atoms with Gasteiger partial charge in [-0.15, -0.1) is 0 Å². The Kier molecular flexibility index (Phi) is 2.53. The zero-order valence-corrected chi connectivity index (χ0v) is 11.1. The first-order valence-electron chi connectivity index (χ1n) is 6.64. The van der Waals surface area contributed by atoms with E-state index in [1.165, 1.54) is 18.7 Å². The second-order valence-corrected chi connectivity index (χ2v) is 6.16. The minimum absolute atomic E-state index is 0.287. The molecule has 0 aliphatic carbocycles. The van der Waals surface area contributed by atoms with Crippen LogP contribution in [0.1, 0.15) is 36.6 Å². The SMILES string of the molecule is Cc1ccc2c(c1)C(C)(C)CN1CCNCC21. The predicted molar refractivity (Wildman–Crippen MR) is 71.4 cm³/mol. The lowest BCUT2D eigenvalue weighted by molar-refractivity contribution is 0.114. The van der Waals surface area contributed by atoms with Crippen LogP contribution >= 0.6 is 0 Å². The highest BCUT2D eigenvalue weighted by molar-refractivity contribution is 5.41. The molecule has 92 valence electrons. The van der Waals surface area contributed by atoms with Gasteiger partial charge in [0, 0.05) is 37.6 Å². The fourth-order valence-corrected chi connectivity index (χ4v) is 3.38. The molecular formula is C15H22N2. The Morgan fingerprint density at radius 2 is 2.18 bits per heavy atom. The molecule has 0 amide bonds. The van der Waals surface area contributed by atoms with Crippen molar-refractivity contribution in [1.82, 2.24) is 10.2 Å². The molecule has 0 spiro atoms. The third kappa shape index (κ3) is 1.80. The van der Waals surface area contributed by atoms with E-state index in [2.05, 4.69) is 49.2 Å². The average molecular weight is 230 g/mol. The number of hydrogen-bond acceptors (Lipinski definition) is 2. The molecule has 1 aromatic rings. The number of hydrogen-bond donors (Lipinski definition) is 1. The Morgan fingerprint density at radius 3 is 3.00 bits per heavy atom. The molecule has 1 atom stereocenters. The first kappa shape index (κ1) is 11.2. The number of rotatable bonds is 0. The van der Waals surface area contributed by atoms with E-state index in [0.29, 0.717) is 6.04 Å². The van der Waals surface area contributed by atoms with E-state index in [4.69, 9.17) is 0 Å². The highest BCUT2D eigenvalue weighted by atomic mass is 15.2. The highest BCUT2D eigenvalue weighted by Gasteiger charge is 2.38. The summed E-state index contributed by atoms with van der Waals surface area (Å²) in [6, 6.07) is 7.58. The van der Waals surface area contributed by atoms with E-state index in [-0.39, 0.29) is 5.41 Å². The fraction of sp³-hybridized carbons (Fsp3) is 0.600. The summed E-state index contributed by atoms with van der Waals surface area (Å²) in [5.41, 5.74) is 4.77. The monoisotopic (exact) mass is 230 g/mol. The van der Waals surface area contributed by atoms with Crippen molar-refractivity contribution < 1.29 is 0 Å². The maximum atomic E-state index is 3.53. The first-order chi connectivity index (χ1) is 8.08. The Labute approximate surface area is 104 Å². The third-order valence-corrected chi connectivity index (χ3v) is 4.25. The molecule has 3 rings (SSSR count). The molecule has 2 aliphatic rings. The summed E-state index contributed by atoms with van der Waals surface area (Å²) in [6.45, 7) is 11.6. The number of nitrogens with one attached hydrogen (secondary N) is 1. The van der Waals surface area contributed by atoms with Crippen molar-refractivity contribution in [2.75, 3.05) is 26.2 Å². The number of aryl methyl sites for hydroxylation is 1. The van der Waals surface area contributed by atoms with Gasteiger partial charge in [-0.1, -0.05) is 37.6 Å². The summed E-state index contributed by atoms with van der Waals surface area (Å²) in [4.78, 5) is 2.65. The molecule has 1 fully saturated rings. The number of piperazine rings is 1. The highest BCUT2D eigenvalue weighted by Crippen LogP contribution is 2.40. The van der Waals surface area contributed by atoms with E-state index in [0.717, 1.165) is 13.1 Å². The van der Waals surface area contributed by atoms with Crippen LogP contribution in [0.3, 0.4) is 0 Å². The summed E-state index contributed by atoms with van der Waals surface area (Å²) in [5.74, 6) is 0. The molecule has 2 heterocycles. The van der Waals surface area contributed by atoms with E-state index in [9.17, 15) is 0 Å². The second kappa shape index (κ2) is 3.82. The van der Waals surface area contributed by atoms with E-state index in [1.807, 2.05) is 0 Å². The molecule has 17 heavy (non-hydrogen) atoms. The first-order valence-corrected chi connectivity index (χ1v) is 6.64. The van der Waals surface area contributed by atoms with E-state index < -0.39 is 0 Å². The Balaban J connectivity index is 2.11. The van der Waals surface area contributed by atoms with Gasteiger partial charge in [0.15, 0.2) is 0 Å². The minimum atomic E-state index is 0.287. The van der Waals surface area contributed by atoms with Crippen LogP contribution in [0.2, 0.25) is 0 Å². The topological polar surface area (TPSA) is 15.3 Å². The molecular weight excluding hydrogens is 208 g/mol. The van der Waals surface area contributed by atoms with Crippen molar-refractivity contribution in [2.24, 2.45) is 0 Å². The van der Waals surface area contributed by atoms with Gasteiger partial charge in [-0.2, -0.15) is 0 Å². The zero-order chi connectivity index (χ0) is 12.0. The molecule has 0 radical (unpaired) electrons. The van der Waals surface area contributed by atoms with Crippen LogP contribution in [-0.2, 0) is 5.41 Å². The van der Waals surface area contributed by atoms with Gasteiger partial charge in [0.25, 0.3) is 0 Å². The maximum Gasteiger partial charge on any atom is 0.0476 e. The third-order valence-electron chi connectivity index (χ3n) is 4.25. The van der Waals surface area contributed by atoms with Crippen LogP contribution < -0.4 is 5.32 Å². The maximum absolute atomic E-state index is 3.53. The predicted octanol–water partition coefficient (Wildman–Crippen LogP) is 2.23. The molecule has 2 aliphatic heterocycles. The van der Waals surface area contributed by atoms with Crippen molar-refractivity contribution in [2.45, 2.75) is 32.2 Å². The smallest absolute Gasteiger partial charge is 0.0476 e. The number of fused-ring (bicyclic) bond motifs is 3. The quantitative estimate of drug-likeness (QED) is 0.735. The Hall–Kier alpha value is -0.860. The second-order valence-electron chi connectivity index (χ2n) is 6.16. The lowest BCUT2D eigenvalue weighted by atomic mass is 9.74. The van der Waals surface area contributed by atoms with Crippen LogP contribution in [-0.4, -0.2) is 31.1 Å². The van der Waals surface area contributed by atoms with Crippen LogP contribution in [0.5, 0.6) is 0 Å². The largest absolute Gasteiger partial charge is 0.314 e. The molecule has 1 unspecified atom stereocenters. The normalized spacial score (nSPS) is 27.4. The summed E-state index contributed by atoms with van der Waals surface area (Å²) in [7, 11) is 0. The van der Waals surface area contributed by atoms with Crippen LogP contribution in [0.4, 0.5) is 0 Å². The summed E-state index contributed by atoms with van der Waals surface area (Å²) in [5, 5.41) is 3.53. The molecule has 0 bridgehead atoms. The summed E-state index contributed by atoms with van der Waals surface area (Å²) >= 11 is 0. The van der Waals surface area contributed by atoms with Gasteiger partial charge in [-0.05, 0) is 18.1 Å². The lowest BCUT2D eigenvalue weighted by Gasteiger charge is -2.47. The van der Waals surface area contributed by atoms with Crippen molar-refractivity contribution >= 4 is 0 Å². The van der Waals surface area contributed by atoms with E-state index >= 15 is 0 Å². The molecule has 1 aromatic carbocycles. The van der Waals surface area contributed by atoms with Crippen molar-refractivity contribution in [3.8, 4) is 0 Å². The molecule has 2 heteroatoms. The summed E-state index contributed by atoms with van der Waals surface area (Å²) in [6.07, 6.45) is 0. The molecule has 0 saturated carbocycles. The van der Waals surface area contributed by atoms with Gasteiger partial charge >= 0.3 is 0 Å². The van der Waals surface area contributed by atoms with Crippen LogP contribution in [0, 0.1) is 6.92 Å². The van der Waals surface area contributed by atoms with Gasteiger partial charge in [-0.25, -0.2) is 0 Å². The molecule has 2 nitrogen and oxygen atoms in total. The van der Waals surface area contributed by atoms with Gasteiger partial charge in [0.1, 0.15) is 0 Å². The van der Waals surface area contributed by atoms with Crippen molar-refractivity contribution in [3.63, 3.8) is 0 Å². The van der Waals surface area contributed by atoms with Gasteiger partial charge < -0.3 is 5.32 Å². The van der Waals surface area contributed by atoms with Gasteiger partial charge in [0.2, 0.25) is 0 Å². The number of nitrogens with zero attached hydrogens (tertiary/aromatic N) is 1. The molecule has 0 aromatic heterocycles. The van der Waals surface area contributed by atoms with Crippen molar-refractivity contribution in [3.05, 3.63) is 34.9 Å².